The first-order valence-electron chi connectivity index (χ1n) is 5.71. The van der Waals surface area contributed by atoms with E-state index in [1.165, 1.54) is 36.6 Å². The first-order chi connectivity index (χ1) is 9.51. The summed E-state index contributed by atoms with van der Waals surface area (Å²) in [6.07, 6.45) is 0. The van der Waals surface area contributed by atoms with Gasteiger partial charge < -0.3 is 10.1 Å². The molecule has 0 bridgehead atoms. The first kappa shape index (κ1) is 14.0. The Labute approximate surface area is 119 Å². The third kappa shape index (κ3) is 2.94. The highest BCUT2D eigenvalue weighted by Gasteiger charge is 2.15. The number of non-ortho nitro benzene ring substituents is 1. The molecule has 1 aromatic carbocycles. The highest BCUT2D eigenvalue weighted by molar-refractivity contribution is 7.14. The maximum absolute atomic E-state index is 12.1. The molecule has 2 rings (SSSR count). The van der Waals surface area contributed by atoms with Crippen LogP contribution in [0.2, 0.25) is 0 Å². The molecule has 0 saturated carbocycles. The topological polar surface area (TPSA) is 81.5 Å². The summed E-state index contributed by atoms with van der Waals surface area (Å²) < 4.78 is 5.09. The van der Waals surface area contributed by atoms with Crippen molar-refractivity contribution in [2.24, 2.45) is 0 Å². The first-order valence-corrected chi connectivity index (χ1v) is 6.53. The molecule has 1 heterocycles. The number of amides is 1. The number of nitro benzene ring substituents is 1. The summed E-state index contributed by atoms with van der Waals surface area (Å²) in [5.41, 5.74) is 0.168. The van der Waals surface area contributed by atoms with Gasteiger partial charge in [-0.25, -0.2) is 0 Å². The van der Waals surface area contributed by atoms with E-state index in [4.69, 9.17) is 4.74 Å². The lowest BCUT2D eigenvalue weighted by atomic mass is 10.2. The van der Waals surface area contributed by atoms with Crippen LogP contribution in [-0.4, -0.2) is 17.9 Å². The summed E-state index contributed by atoms with van der Waals surface area (Å²) in [5, 5.41) is 13.4. The van der Waals surface area contributed by atoms with Crippen LogP contribution in [0.5, 0.6) is 5.75 Å². The van der Waals surface area contributed by atoms with E-state index in [1.54, 1.807) is 6.07 Å². The average molecular weight is 292 g/mol. The van der Waals surface area contributed by atoms with Gasteiger partial charge in [0.15, 0.2) is 0 Å². The molecule has 0 radical (unpaired) electrons. The molecule has 0 spiro atoms. The molecule has 0 atom stereocenters. The minimum atomic E-state index is -0.523. The van der Waals surface area contributed by atoms with Gasteiger partial charge in [0.05, 0.1) is 22.6 Å². The average Bonchev–Trinajstić information content (AvgIpc) is 2.85. The van der Waals surface area contributed by atoms with Crippen molar-refractivity contribution in [2.75, 3.05) is 12.4 Å². The smallest absolute Gasteiger partial charge is 0.271 e. The van der Waals surface area contributed by atoms with Crippen molar-refractivity contribution in [1.82, 2.24) is 0 Å². The Hall–Kier alpha value is -2.41. The van der Waals surface area contributed by atoms with Crippen molar-refractivity contribution in [3.05, 3.63) is 50.2 Å². The van der Waals surface area contributed by atoms with Crippen molar-refractivity contribution in [3.63, 3.8) is 0 Å². The number of hydrogen-bond donors (Lipinski definition) is 1. The Kier molecular flexibility index (Phi) is 3.99. The fourth-order valence-corrected chi connectivity index (χ4v) is 2.41. The van der Waals surface area contributed by atoms with Crippen LogP contribution >= 0.6 is 11.3 Å². The molecule has 0 fully saturated rings. The third-order valence-corrected chi connectivity index (χ3v) is 3.61. The van der Waals surface area contributed by atoms with Crippen LogP contribution in [0, 0.1) is 17.0 Å². The SMILES string of the molecule is COc1ccc([N+](=O)[O-])cc1NC(=O)c1ccc(C)s1. The summed E-state index contributed by atoms with van der Waals surface area (Å²) >= 11 is 1.35. The summed E-state index contributed by atoms with van der Waals surface area (Å²) in [7, 11) is 1.44. The summed E-state index contributed by atoms with van der Waals surface area (Å²) in [5.74, 6) is 0.0547. The number of nitrogens with one attached hydrogen (secondary N) is 1. The van der Waals surface area contributed by atoms with Gasteiger partial charge in [-0.3, -0.25) is 14.9 Å². The number of anilines is 1. The largest absolute Gasteiger partial charge is 0.495 e. The number of hydrogen-bond acceptors (Lipinski definition) is 5. The minimum Gasteiger partial charge on any atom is -0.495 e. The predicted molar refractivity (Wildman–Crippen MR) is 76.7 cm³/mol. The number of carbonyl (C=O) groups excluding carboxylic acids is 1. The zero-order valence-electron chi connectivity index (χ0n) is 10.9. The van der Waals surface area contributed by atoms with E-state index in [9.17, 15) is 14.9 Å². The van der Waals surface area contributed by atoms with Crippen LogP contribution in [0.4, 0.5) is 11.4 Å². The van der Waals surface area contributed by atoms with Crippen LogP contribution in [0.15, 0.2) is 30.3 Å². The molecule has 7 heteroatoms. The number of rotatable bonds is 4. The van der Waals surface area contributed by atoms with Crippen molar-refractivity contribution < 1.29 is 14.5 Å². The van der Waals surface area contributed by atoms with Crippen LogP contribution in [0.3, 0.4) is 0 Å². The highest BCUT2D eigenvalue weighted by Crippen LogP contribution is 2.29. The number of methoxy groups -OCH3 is 1. The van der Waals surface area contributed by atoms with E-state index in [-0.39, 0.29) is 17.3 Å². The van der Waals surface area contributed by atoms with Crippen LogP contribution in [0.1, 0.15) is 14.5 Å². The molecule has 1 amide bonds. The molecule has 20 heavy (non-hydrogen) atoms. The Morgan fingerprint density at radius 2 is 2.10 bits per heavy atom. The van der Waals surface area contributed by atoms with Gasteiger partial charge >= 0.3 is 0 Å². The third-order valence-electron chi connectivity index (χ3n) is 2.61. The molecule has 0 unspecified atom stereocenters. The van der Waals surface area contributed by atoms with Gasteiger partial charge in [-0.2, -0.15) is 0 Å². The number of nitro groups is 1. The molecule has 0 aliphatic heterocycles. The molecule has 2 aromatic rings. The van der Waals surface area contributed by atoms with Gasteiger partial charge in [0.1, 0.15) is 5.75 Å². The molecule has 6 nitrogen and oxygen atoms in total. The van der Waals surface area contributed by atoms with Crippen molar-refractivity contribution in [3.8, 4) is 5.75 Å². The molecular weight excluding hydrogens is 280 g/mol. The van der Waals surface area contributed by atoms with Crippen LogP contribution in [0.25, 0.3) is 0 Å². The van der Waals surface area contributed by atoms with Crippen molar-refractivity contribution >= 4 is 28.6 Å². The summed E-state index contributed by atoms with van der Waals surface area (Å²) in [6, 6.07) is 7.60. The molecule has 104 valence electrons. The predicted octanol–water partition coefficient (Wildman–Crippen LogP) is 3.23. The molecule has 1 N–H and O–H groups in total. The number of nitrogens with zero attached hydrogens (tertiary/aromatic N) is 1. The van der Waals surface area contributed by atoms with Gasteiger partial charge in [0, 0.05) is 17.0 Å². The van der Waals surface area contributed by atoms with E-state index >= 15 is 0 Å². The van der Waals surface area contributed by atoms with E-state index < -0.39 is 4.92 Å². The van der Waals surface area contributed by atoms with Crippen molar-refractivity contribution in [2.45, 2.75) is 6.92 Å². The molecule has 1 aromatic heterocycles. The second-order valence-corrected chi connectivity index (χ2v) is 5.29. The van der Waals surface area contributed by atoms with E-state index in [1.807, 2.05) is 13.0 Å². The maximum Gasteiger partial charge on any atom is 0.271 e. The number of thiophene rings is 1. The fourth-order valence-electron chi connectivity index (χ4n) is 1.65. The zero-order valence-corrected chi connectivity index (χ0v) is 11.7. The summed E-state index contributed by atoms with van der Waals surface area (Å²) in [6.45, 7) is 1.90. The quantitative estimate of drug-likeness (QED) is 0.693. The Morgan fingerprint density at radius 1 is 1.35 bits per heavy atom. The number of benzene rings is 1. The second-order valence-electron chi connectivity index (χ2n) is 4.01. The van der Waals surface area contributed by atoms with E-state index in [2.05, 4.69) is 5.32 Å². The van der Waals surface area contributed by atoms with Gasteiger partial charge in [-0.1, -0.05) is 0 Å². The number of ether oxygens (including phenoxy) is 1. The van der Waals surface area contributed by atoms with E-state index in [0.717, 1.165) is 4.88 Å². The van der Waals surface area contributed by atoms with Gasteiger partial charge in [-0.15, -0.1) is 11.3 Å². The second kappa shape index (κ2) is 5.70. The van der Waals surface area contributed by atoms with Crippen LogP contribution < -0.4 is 10.1 Å². The standard InChI is InChI=1S/C13H12N2O4S/c1-8-3-6-12(20-8)13(16)14-10-7-9(15(17)18)4-5-11(10)19-2/h3-7H,1-2H3,(H,14,16). The van der Waals surface area contributed by atoms with Gasteiger partial charge in [0.25, 0.3) is 11.6 Å². The Bertz CT molecular complexity index is 666. The Morgan fingerprint density at radius 3 is 2.65 bits per heavy atom. The molecular formula is C13H12N2O4S. The monoisotopic (exact) mass is 292 g/mol. The van der Waals surface area contributed by atoms with Gasteiger partial charge in [-0.05, 0) is 25.1 Å². The lowest BCUT2D eigenvalue weighted by molar-refractivity contribution is -0.384. The Balaban J connectivity index is 2.29. The lowest BCUT2D eigenvalue weighted by Gasteiger charge is -2.09. The van der Waals surface area contributed by atoms with Gasteiger partial charge in [0.2, 0.25) is 0 Å². The van der Waals surface area contributed by atoms with E-state index in [0.29, 0.717) is 10.6 Å². The molecule has 0 aliphatic carbocycles. The maximum atomic E-state index is 12.1. The highest BCUT2D eigenvalue weighted by atomic mass is 32.1. The minimum absolute atomic E-state index is 0.108. The van der Waals surface area contributed by atoms with Crippen molar-refractivity contribution in [1.29, 1.82) is 0 Å². The van der Waals surface area contributed by atoms with Crippen LogP contribution in [-0.2, 0) is 0 Å². The molecule has 0 saturated heterocycles. The zero-order chi connectivity index (χ0) is 14.7. The molecule has 0 aliphatic rings. The fraction of sp³-hybridized carbons (Fsp3) is 0.154. The number of aryl methyl sites for hydroxylation is 1. The number of carbonyl (C=O) groups is 1. The normalized spacial score (nSPS) is 10.1. The lowest BCUT2D eigenvalue weighted by Crippen LogP contribution is -2.11. The summed E-state index contributed by atoms with van der Waals surface area (Å²) in [4.78, 5) is 23.8.